The fraction of sp³-hybridized carbons (Fsp3) is 0.114. The summed E-state index contributed by atoms with van der Waals surface area (Å²) in [5, 5.41) is 9.14. The lowest BCUT2D eigenvalue weighted by Crippen LogP contribution is -2.30. The highest BCUT2D eigenvalue weighted by atomic mass is 32.2. The fourth-order valence-corrected chi connectivity index (χ4v) is 5.30. The standard InChI is InChI=1S/C35H32N4O4S/c1-3-43-28-17-13-26(14-18-28)37-33(40)23(2)44-29-19-15-27(16-20-29)38-35(42)32(39-34(41)24-9-5-4-6-10-24)21-25-22-36-31-12-8-7-11-30(25)31/h4-23,36H,3H2,1-2H3,(H,37,40)(H,38,42)(H,39,41). The second kappa shape index (κ2) is 14.3. The van der Waals surface area contributed by atoms with Gasteiger partial charge in [-0.1, -0.05) is 36.4 Å². The number of hydrogen-bond acceptors (Lipinski definition) is 5. The number of H-pyrrole nitrogens is 1. The van der Waals surface area contributed by atoms with Gasteiger partial charge in [-0.25, -0.2) is 0 Å². The monoisotopic (exact) mass is 604 g/mol. The second-order valence-electron chi connectivity index (χ2n) is 9.85. The van der Waals surface area contributed by atoms with Crippen molar-refractivity contribution >= 4 is 57.8 Å². The highest BCUT2D eigenvalue weighted by molar-refractivity contribution is 8.00. The van der Waals surface area contributed by atoms with Crippen LogP contribution in [0.5, 0.6) is 5.75 Å². The minimum atomic E-state index is -0.469. The Bertz CT molecular complexity index is 1780. The molecule has 1 aromatic heterocycles. The molecule has 0 saturated heterocycles. The molecule has 0 aliphatic carbocycles. The van der Waals surface area contributed by atoms with Crippen LogP contribution in [0.2, 0.25) is 0 Å². The first-order chi connectivity index (χ1) is 21.4. The number of ether oxygens (including phenoxy) is 1. The predicted molar refractivity (Wildman–Crippen MR) is 177 cm³/mol. The topological polar surface area (TPSA) is 112 Å². The van der Waals surface area contributed by atoms with Crippen molar-refractivity contribution in [2.45, 2.75) is 24.0 Å². The molecular formula is C35H32N4O4S. The number of thioether (sulfide) groups is 1. The van der Waals surface area contributed by atoms with Gasteiger partial charge in [0.2, 0.25) is 5.91 Å². The van der Waals surface area contributed by atoms with Crippen LogP contribution in [0.4, 0.5) is 11.4 Å². The minimum absolute atomic E-state index is 0.0987. The molecule has 0 aliphatic heterocycles. The highest BCUT2D eigenvalue weighted by Crippen LogP contribution is 2.27. The number of carbonyl (C=O) groups excluding carboxylic acids is 3. The van der Waals surface area contributed by atoms with Gasteiger partial charge in [-0.2, -0.15) is 0 Å². The summed E-state index contributed by atoms with van der Waals surface area (Å²) in [5.41, 5.74) is 3.46. The number of anilines is 2. The van der Waals surface area contributed by atoms with Gasteiger partial charge in [0.1, 0.15) is 11.4 Å². The van der Waals surface area contributed by atoms with E-state index in [9.17, 15) is 14.4 Å². The SMILES string of the molecule is CCOc1ccc(NC(=O)C(C)Sc2ccc(NC(=O)C(=Cc3c[nH]c4ccccc34)NC(=O)c3ccccc3)cc2)cc1. The molecule has 44 heavy (non-hydrogen) atoms. The fourth-order valence-electron chi connectivity index (χ4n) is 4.43. The molecule has 0 spiro atoms. The number of fused-ring (bicyclic) bond motifs is 1. The van der Waals surface area contributed by atoms with Crippen LogP contribution in [0.15, 0.2) is 120 Å². The molecule has 4 aromatic carbocycles. The summed E-state index contributed by atoms with van der Waals surface area (Å²) in [4.78, 5) is 43.2. The van der Waals surface area contributed by atoms with Gasteiger partial charge < -0.3 is 25.7 Å². The van der Waals surface area contributed by atoms with Gasteiger partial charge in [-0.05, 0) is 86.7 Å². The molecule has 222 valence electrons. The van der Waals surface area contributed by atoms with Crippen molar-refractivity contribution in [3.05, 3.63) is 126 Å². The zero-order chi connectivity index (χ0) is 30.9. The average Bonchev–Trinajstić information content (AvgIpc) is 3.45. The first kappa shape index (κ1) is 30.2. The summed E-state index contributed by atoms with van der Waals surface area (Å²) >= 11 is 1.40. The Morgan fingerprint density at radius 2 is 1.50 bits per heavy atom. The number of rotatable bonds is 11. The summed E-state index contributed by atoms with van der Waals surface area (Å²) in [6, 6.07) is 30.9. The summed E-state index contributed by atoms with van der Waals surface area (Å²) in [6.07, 6.45) is 3.45. The number of amides is 3. The Balaban J connectivity index is 1.25. The first-order valence-corrected chi connectivity index (χ1v) is 15.0. The van der Waals surface area contributed by atoms with Crippen LogP contribution in [0.3, 0.4) is 0 Å². The van der Waals surface area contributed by atoms with E-state index in [0.717, 1.165) is 27.1 Å². The van der Waals surface area contributed by atoms with Crippen LogP contribution < -0.4 is 20.7 Å². The maximum Gasteiger partial charge on any atom is 0.272 e. The van der Waals surface area contributed by atoms with E-state index in [1.807, 2.05) is 68.4 Å². The van der Waals surface area contributed by atoms with Crippen molar-refractivity contribution in [2.75, 3.05) is 17.2 Å². The Labute approximate surface area is 259 Å². The van der Waals surface area contributed by atoms with Gasteiger partial charge in [0, 0.05) is 44.5 Å². The molecule has 5 rings (SSSR count). The van der Waals surface area contributed by atoms with Crippen LogP contribution >= 0.6 is 11.8 Å². The van der Waals surface area contributed by atoms with E-state index in [1.54, 1.807) is 60.8 Å². The molecule has 0 radical (unpaired) electrons. The second-order valence-corrected chi connectivity index (χ2v) is 11.3. The largest absolute Gasteiger partial charge is 0.494 e. The Hall–Kier alpha value is -5.28. The molecule has 0 aliphatic rings. The molecule has 1 unspecified atom stereocenters. The van der Waals surface area contributed by atoms with Crippen molar-refractivity contribution in [3.8, 4) is 5.75 Å². The van der Waals surface area contributed by atoms with Crippen LogP contribution in [0, 0.1) is 0 Å². The van der Waals surface area contributed by atoms with Crippen molar-refractivity contribution in [3.63, 3.8) is 0 Å². The van der Waals surface area contributed by atoms with E-state index in [2.05, 4.69) is 20.9 Å². The van der Waals surface area contributed by atoms with Gasteiger partial charge >= 0.3 is 0 Å². The molecule has 3 amide bonds. The van der Waals surface area contributed by atoms with Gasteiger partial charge in [0.25, 0.3) is 11.8 Å². The summed E-state index contributed by atoms with van der Waals surface area (Å²) < 4.78 is 5.45. The maximum absolute atomic E-state index is 13.5. The summed E-state index contributed by atoms with van der Waals surface area (Å²) in [5.74, 6) is -0.240. The van der Waals surface area contributed by atoms with E-state index in [-0.39, 0.29) is 16.9 Å². The number of aromatic nitrogens is 1. The zero-order valence-electron chi connectivity index (χ0n) is 24.3. The Kier molecular flexibility index (Phi) is 9.78. The lowest BCUT2D eigenvalue weighted by Gasteiger charge is -2.14. The Morgan fingerprint density at radius 1 is 0.841 bits per heavy atom. The molecule has 9 heteroatoms. The van der Waals surface area contributed by atoms with E-state index >= 15 is 0 Å². The number of hydrogen-bond donors (Lipinski definition) is 4. The highest BCUT2D eigenvalue weighted by Gasteiger charge is 2.17. The quantitative estimate of drug-likeness (QED) is 0.0950. The Morgan fingerprint density at radius 3 is 2.23 bits per heavy atom. The van der Waals surface area contributed by atoms with Gasteiger partial charge in [0.15, 0.2) is 0 Å². The minimum Gasteiger partial charge on any atom is -0.494 e. The third-order valence-electron chi connectivity index (χ3n) is 6.68. The number of para-hydroxylation sites is 1. The van der Waals surface area contributed by atoms with E-state index in [4.69, 9.17) is 4.74 Å². The summed E-state index contributed by atoms with van der Waals surface area (Å²) in [6.45, 7) is 4.33. The number of aromatic amines is 1. The normalized spacial score (nSPS) is 11.9. The van der Waals surface area contributed by atoms with Gasteiger partial charge in [-0.3, -0.25) is 14.4 Å². The van der Waals surface area contributed by atoms with Crippen LogP contribution in [0.25, 0.3) is 17.0 Å². The molecule has 1 atom stereocenters. The molecule has 0 saturated carbocycles. The maximum atomic E-state index is 13.5. The smallest absolute Gasteiger partial charge is 0.272 e. The molecular weight excluding hydrogens is 572 g/mol. The van der Waals surface area contributed by atoms with E-state index in [1.165, 1.54) is 11.8 Å². The first-order valence-electron chi connectivity index (χ1n) is 14.2. The lowest BCUT2D eigenvalue weighted by atomic mass is 10.1. The number of nitrogens with one attached hydrogen (secondary N) is 4. The predicted octanol–water partition coefficient (Wildman–Crippen LogP) is 7.10. The van der Waals surface area contributed by atoms with Crippen LogP contribution in [0.1, 0.15) is 29.8 Å². The lowest BCUT2D eigenvalue weighted by molar-refractivity contribution is -0.115. The zero-order valence-corrected chi connectivity index (χ0v) is 25.1. The van der Waals surface area contributed by atoms with Crippen molar-refractivity contribution in [2.24, 2.45) is 0 Å². The van der Waals surface area contributed by atoms with Crippen LogP contribution in [-0.4, -0.2) is 34.6 Å². The number of benzene rings is 4. The third kappa shape index (κ3) is 7.76. The number of carbonyl (C=O) groups is 3. The van der Waals surface area contributed by atoms with E-state index in [0.29, 0.717) is 23.5 Å². The van der Waals surface area contributed by atoms with Gasteiger partial charge in [0.05, 0.1) is 11.9 Å². The molecule has 1 heterocycles. The van der Waals surface area contributed by atoms with Gasteiger partial charge in [-0.15, -0.1) is 11.8 Å². The average molecular weight is 605 g/mol. The van der Waals surface area contributed by atoms with Crippen molar-refractivity contribution in [1.82, 2.24) is 10.3 Å². The molecule has 0 fully saturated rings. The summed E-state index contributed by atoms with van der Waals surface area (Å²) in [7, 11) is 0. The molecule has 5 aromatic rings. The third-order valence-corrected chi connectivity index (χ3v) is 7.79. The molecule has 0 bridgehead atoms. The van der Waals surface area contributed by atoms with Crippen molar-refractivity contribution < 1.29 is 19.1 Å². The van der Waals surface area contributed by atoms with E-state index < -0.39 is 11.8 Å². The van der Waals surface area contributed by atoms with Crippen molar-refractivity contribution in [1.29, 1.82) is 0 Å². The molecule has 8 nitrogen and oxygen atoms in total. The van der Waals surface area contributed by atoms with Crippen LogP contribution in [-0.2, 0) is 9.59 Å². The molecule has 4 N–H and O–H groups in total.